The van der Waals surface area contributed by atoms with Crippen LogP contribution in [0.2, 0.25) is 0 Å². The topological polar surface area (TPSA) is 21.3 Å². The molecule has 1 N–H and O–H groups in total. The molecule has 1 aromatic rings. The second kappa shape index (κ2) is 6.83. The van der Waals surface area contributed by atoms with Crippen LogP contribution in [-0.2, 0) is 6.42 Å². The minimum atomic E-state index is 0.442. The van der Waals surface area contributed by atoms with Crippen molar-refractivity contribution in [3.8, 4) is 5.75 Å². The lowest BCUT2D eigenvalue weighted by molar-refractivity contribution is 0.265. The Morgan fingerprint density at radius 1 is 1.33 bits per heavy atom. The van der Waals surface area contributed by atoms with Crippen LogP contribution < -0.4 is 10.1 Å². The van der Waals surface area contributed by atoms with Gasteiger partial charge in [-0.3, -0.25) is 0 Å². The lowest BCUT2D eigenvalue weighted by Crippen LogP contribution is -2.23. The summed E-state index contributed by atoms with van der Waals surface area (Å²) in [6, 6.07) is 7.11. The Kier molecular flexibility index (Phi) is 4.84. The number of hydrogen-bond acceptors (Lipinski definition) is 2. The van der Waals surface area contributed by atoms with E-state index in [9.17, 15) is 0 Å². The molecule has 2 heteroatoms. The van der Waals surface area contributed by atoms with E-state index in [1.807, 2.05) is 0 Å². The number of ether oxygens (including phenoxy) is 1. The predicted molar refractivity (Wildman–Crippen MR) is 87.8 cm³/mol. The van der Waals surface area contributed by atoms with E-state index in [0.29, 0.717) is 6.04 Å². The van der Waals surface area contributed by atoms with Gasteiger partial charge in [-0.1, -0.05) is 38.3 Å². The van der Waals surface area contributed by atoms with Crippen LogP contribution >= 0.6 is 0 Å². The summed E-state index contributed by atoms with van der Waals surface area (Å²) in [6.07, 6.45) is 8.16. The van der Waals surface area contributed by atoms with E-state index in [0.717, 1.165) is 37.2 Å². The van der Waals surface area contributed by atoms with Crippen LogP contribution in [0.4, 0.5) is 0 Å². The van der Waals surface area contributed by atoms with Crippen LogP contribution in [0.1, 0.15) is 63.1 Å². The predicted octanol–water partition coefficient (Wildman–Crippen LogP) is 4.49. The second-order valence-electron chi connectivity index (χ2n) is 7.07. The van der Waals surface area contributed by atoms with Gasteiger partial charge in [0.15, 0.2) is 0 Å². The maximum atomic E-state index is 5.58. The average molecular weight is 287 g/mol. The van der Waals surface area contributed by atoms with Crippen molar-refractivity contribution in [3.05, 3.63) is 29.3 Å². The van der Waals surface area contributed by atoms with Gasteiger partial charge in [0, 0.05) is 12.5 Å². The third-order valence-corrected chi connectivity index (χ3v) is 5.26. The van der Waals surface area contributed by atoms with E-state index in [1.54, 1.807) is 0 Å². The molecule has 0 amide bonds. The van der Waals surface area contributed by atoms with E-state index in [1.165, 1.54) is 43.2 Å². The first kappa shape index (κ1) is 14.9. The molecule has 0 saturated heterocycles. The summed E-state index contributed by atoms with van der Waals surface area (Å²) in [7, 11) is 0. The first-order valence-corrected chi connectivity index (χ1v) is 8.71. The fraction of sp³-hybridized carbons (Fsp3) is 0.684. The summed E-state index contributed by atoms with van der Waals surface area (Å²) in [5.41, 5.74) is 2.78. The zero-order valence-corrected chi connectivity index (χ0v) is 13.5. The molecule has 0 aromatic heterocycles. The summed E-state index contributed by atoms with van der Waals surface area (Å²) in [4.78, 5) is 0. The van der Waals surface area contributed by atoms with E-state index in [4.69, 9.17) is 4.74 Å². The zero-order chi connectivity index (χ0) is 14.7. The van der Waals surface area contributed by atoms with E-state index >= 15 is 0 Å². The SMILES string of the molecule is CC1CCCC(CCNC(C)c2ccc3c(c2)CCO3)C1. The maximum Gasteiger partial charge on any atom is 0.122 e. The molecule has 21 heavy (non-hydrogen) atoms. The molecule has 0 radical (unpaired) electrons. The Labute approximate surface area is 129 Å². The van der Waals surface area contributed by atoms with Crippen LogP contribution in [0.25, 0.3) is 0 Å². The largest absolute Gasteiger partial charge is 0.493 e. The minimum absolute atomic E-state index is 0.442. The number of hydrogen-bond donors (Lipinski definition) is 1. The van der Waals surface area contributed by atoms with Crippen molar-refractivity contribution < 1.29 is 4.74 Å². The van der Waals surface area contributed by atoms with Gasteiger partial charge in [-0.05, 0) is 55.3 Å². The Morgan fingerprint density at radius 2 is 2.24 bits per heavy atom. The molecule has 1 heterocycles. The molecule has 2 aliphatic rings. The molecule has 3 rings (SSSR count). The molecule has 1 aliphatic heterocycles. The van der Waals surface area contributed by atoms with Crippen LogP contribution in [0.3, 0.4) is 0 Å². The highest BCUT2D eigenvalue weighted by Crippen LogP contribution is 2.31. The molecule has 3 unspecified atom stereocenters. The van der Waals surface area contributed by atoms with Crippen molar-refractivity contribution in [2.45, 2.75) is 58.4 Å². The number of rotatable bonds is 5. The quantitative estimate of drug-likeness (QED) is 0.861. The summed E-state index contributed by atoms with van der Waals surface area (Å²) < 4.78 is 5.58. The summed E-state index contributed by atoms with van der Waals surface area (Å²) in [5.74, 6) is 2.97. The Morgan fingerprint density at radius 3 is 3.10 bits per heavy atom. The third kappa shape index (κ3) is 3.79. The average Bonchev–Trinajstić information content (AvgIpc) is 2.94. The van der Waals surface area contributed by atoms with Crippen LogP contribution in [0.15, 0.2) is 18.2 Å². The van der Waals surface area contributed by atoms with E-state index in [2.05, 4.69) is 37.4 Å². The molecule has 0 spiro atoms. The van der Waals surface area contributed by atoms with Gasteiger partial charge in [-0.25, -0.2) is 0 Å². The highest BCUT2D eigenvalue weighted by molar-refractivity contribution is 5.40. The first-order valence-electron chi connectivity index (χ1n) is 8.71. The first-order chi connectivity index (χ1) is 10.2. The second-order valence-corrected chi connectivity index (χ2v) is 7.07. The molecule has 1 saturated carbocycles. The summed E-state index contributed by atoms with van der Waals surface area (Å²) >= 11 is 0. The molecular formula is C19H29NO. The molecule has 3 atom stereocenters. The van der Waals surface area contributed by atoms with Gasteiger partial charge in [0.05, 0.1) is 6.61 Å². The van der Waals surface area contributed by atoms with Crippen LogP contribution in [0, 0.1) is 11.8 Å². The Bertz CT molecular complexity index is 471. The Balaban J connectivity index is 1.46. The summed E-state index contributed by atoms with van der Waals surface area (Å²) in [5, 5.41) is 3.71. The van der Waals surface area contributed by atoms with Gasteiger partial charge in [-0.2, -0.15) is 0 Å². The van der Waals surface area contributed by atoms with Gasteiger partial charge in [-0.15, -0.1) is 0 Å². The van der Waals surface area contributed by atoms with Crippen molar-refractivity contribution in [1.29, 1.82) is 0 Å². The molecule has 1 aliphatic carbocycles. The lowest BCUT2D eigenvalue weighted by Gasteiger charge is -2.27. The lowest BCUT2D eigenvalue weighted by atomic mass is 9.81. The van der Waals surface area contributed by atoms with Gasteiger partial charge < -0.3 is 10.1 Å². The summed E-state index contributed by atoms with van der Waals surface area (Å²) in [6.45, 7) is 6.68. The normalized spacial score (nSPS) is 26.2. The van der Waals surface area contributed by atoms with Crippen molar-refractivity contribution in [1.82, 2.24) is 5.32 Å². The molecule has 1 aromatic carbocycles. The molecule has 2 nitrogen and oxygen atoms in total. The van der Waals surface area contributed by atoms with Gasteiger partial charge in [0.2, 0.25) is 0 Å². The van der Waals surface area contributed by atoms with Crippen molar-refractivity contribution >= 4 is 0 Å². The fourth-order valence-corrected chi connectivity index (χ4v) is 3.92. The van der Waals surface area contributed by atoms with Crippen LogP contribution in [0.5, 0.6) is 5.75 Å². The monoisotopic (exact) mass is 287 g/mol. The van der Waals surface area contributed by atoms with Crippen LogP contribution in [-0.4, -0.2) is 13.2 Å². The van der Waals surface area contributed by atoms with Gasteiger partial charge in [0.1, 0.15) is 5.75 Å². The van der Waals surface area contributed by atoms with Gasteiger partial charge in [0.25, 0.3) is 0 Å². The standard InChI is InChI=1S/C19H29NO/c1-14-4-3-5-16(12-14)8-10-20-15(2)17-6-7-19-18(13-17)9-11-21-19/h6-7,13-16,20H,3-5,8-12H2,1-2H3. The smallest absolute Gasteiger partial charge is 0.122 e. The van der Waals surface area contributed by atoms with E-state index in [-0.39, 0.29) is 0 Å². The molecule has 0 bridgehead atoms. The van der Waals surface area contributed by atoms with Crippen molar-refractivity contribution in [2.24, 2.45) is 11.8 Å². The zero-order valence-electron chi connectivity index (χ0n) is 13.5. The highest BCUT2D eigenvalue weighted by atomic mass is 16.5. The number of fused-ring (bicyclic) bond motifs is 1. The molecule has 116 valence electrons. The minimum Gasteiger partial charge on any atom is -0.493 e. The number of benzene rings is 1. The number of nitrogens with one attached hydrogen (secondary N) is 1. The fourth-order valence-electron chi connectivity index (χ4n) is 3.92. The highest BCUT2D eigenvalue weighted by Gasteiger charge is 2.19. The molecular weight excluding hydrogens is 258 g/mol. The van der Waals surface area contributed by atoms with Crippen molar-refractivity contribution in [2.75, 3.05) is 13.2 Å². The van der Waals surface area contributed by atoms with Crippen molar-refractivity contribution in [3.63, 3.8) is 0 Å². The van der Waals surface area contributed by atoms with E-state index < -0.39 is 0 Å². The van der Waals surface area contributed by atoms with Gasteiger partial charge >= 0.3 is 0 Å². The maximum absolute atomic E-state index is 5.58. The third-order valence-electron chi connectivity index (χ3n) is 5.26. The molecule has 1 fully saturated rings. The Hall–Kier alpha value is -1.02.